The summed E-state index contributed by atoms with van der Waals surface area (Å²) in [6.45, 7) is -0.120. The van der Waals surface area contributed by atoms with Crippen LogP contribution in [0.5, 0.6) is 0 Å². The van der Waals surface area contributed by atoms with Crippen LogP contribution in [-0.2, 0) is 6.61 Å². The van der Waals surface area contributed by atoms with Gasteiger partial charge in [0.2, 0.25) is 0 Å². The lowest BCUT2D eigenvalue weighted by atomic mass is 10.1. The molecule has 20 heavy (non-hydrogen) atoms. The van der Waals surface area contributed by atoms with Gasteiger partial charge in [0, 0.05) is 5.69 Å². The van der Waals surface area contributed by atoms with E-state index >= 15 is 0 Å². The minimum atomic E-state index is -0.902. The Balaban J connectivity index is 2.21. The molecule has 0 aliphatic rings. The third-order valence-corrected chi connectivity index (χ3v) is 2.94. The number of anilines is 1. The van der Waals surface area contributed by atoms with Gasteiger partial charge in [-0.25, -0.2) is 8.78 Å². The van der Waals surface area contributed by atoms with Gasteiger partial charge in [-0.1, -0.05) is 23.7 Å². The van der Waals surface area contributed by atoms with Crippen LogP contribution >= 0.6 is 11.6 Å². The third kappa shape index (κ3) is 3.12. The van der Waals surface area contributed by atoms with E-state index in [4.69, 9.17) is 16.7 Å². The lowest BCUT2D eigenvalue weighted by Crippen LogP contribution is -2.14. The van der Waals surface area contributed by atoms with E-state index in [1.807, 2.05) is 0 Å². The van der Waals surface area contributed by atoms with E-state index in [1.54, 1.807) is 24.3 Å². The van der Waals surface area contributed by atoms with Crippen LogP contribution in [0.25, 0.3) is 0 Å². The van der Waals surface area contributed by atoms with Crippen molar-refractivity contribution in [2.75, 3.05) is 5.32 Å². The molecule has 0 saturated carbocycles. The molecule has 0 bridgehead atoms. The highest BCUT2D eigenvalue weighted by Gasteiger charge is 2.15. The van der Waals surface area contributed by atoms with Crippen molar-refractivity contribution in [3.8, 4) is 0 Å². The predicted molar refractivity (Wildman–Crippen MR) is 71.7 cm³/mol. The topological polar surface area (TPSA) is 49.3 Å². The van der Waals surface area contributed by atoms with Gasteiger partial charge >= 0.3 is 0 Å². The number of halogens is 3. The zero-order valence-corrected chi connectivity index (χ0v) is 10.9. The molecule has 2 aromatic rings. The first-order valence-electron chi connectivity index (χ1n) is 5.67. The minimum absolute atomic E-state index is 0.120. The fourth-order valence-corrected chi connectivity index (χ4v) is 1.74. The Labute approximate surface area is 118 Å². The molecule has 0 radical (unpaired) electrons. The Morgan fingerprint density at radius 1 is 1.15 bits per heavy atom. The monoisotopic (exact) mass is 297 g/mol. The molecule has 0 saturated heterocycles. The molecule has 1 amide bonds. The van der Waals surface area contributed by atoms with Gasteiger partial charge in [-0.2, -0.15) is 0 Å². The van der Waals surface area contributed by atoms with Crippen molar-refractivity contribution in [1.29, 1.82) is 0 Å². The molecule has 0 fully saturated rings. The van der Waals surface area contributed by atoms with E-state index in [2.05, 4.69) is 5.32 Å². The van der Waals surface area contributed by atoms with Crippen LogP contribution in [0.15, 0.2) is 36.4 Å². The summed E-state index contributed by atoms with van der Waals surface area (Å²) in [4.78, 5) is 11.8. The van der Waals surface area contributed by atoms with Crippen LogP contribution in [0.4, 0.5) is 14.5 Å². The summed E-state index contributed by atoms with van der Waals surface area (Å²) in [7, 11) is 0. The number of amides is 1. The summed E-state index contributed by atoms with van der Waals surface area (Å²) in [6, 6.07) is 7.81. The van der Waals surface area contributed by atoms with E-state index in [0.29, 0.717) is 11.3 Å². The number of carbonyl (C=O) groups is 1. The average molecular weight is 298 g/mol. The molecule has 2 rings (SSSR count). The summed E-state index contributed by atoms with van der Waals surface area (Å²) >= 11 is 5.41. The fraction of sp³-hybridized carbons (Fsp3) is 0.0714. The molecule has 0 unspecified atom stereocenters. The summed E-state index contributed by atoms with van der Waals surface area (Å²) in [5.41, 5.74) is 0.645. The molecular formula is C14H10ClF2NO2. The van der Waals surface area contributed by atoms with Gasteiger partial charge in [-0.15, -0.1) is 0 Å². The van der Waals surface area contributed by atoms with Gasteiger partial charge in [0.05, 0.1) is 17.2 Å². The van der Waals surface area contributed by atoms with Gasteiger partial charge in [0.1, 0.15) is 11.6 Å². The highest BCUT2D eigenvalue weighted by molar-refractivity contribution is 6.30. The number of rotatable bonds is 3. The van der Waals surface area contributed by atoms with Crippen molar-refractivity contribution in [2.24, 2.45) is 0 Å². The van der Waals surface area contributed by atoms with Crippen molar-refractivity contribution < 1.29 is 18.7 Å². The fourth-order valence-electron chi connectivity index (χ4n) is 1.59. The Morgan fingerprint density at radius 2 is 1.80 bits per heavy atom. The Hall–Kier alpha value is -1.98. The van der Waals surface area contributed by atoms with Crippen LogP contribution in [0.2, 0.25) is 5.02 Å². The van der Waals surface area contributed by atoms with Crippen molar-refractivity contribution in [2.45, 2.75) is 6.61 Å². The maximum atomic E-state index is 13.6. The number of hydrogen-bond acceptors (Lipinski definition) is 2. The van der Waals surface area contributed by atoms with Gasteiger partial charge in [-0.3, -0.25) is 4.79 Å². The van der Waals surface area contributed by atoms with Crippen molar-refractivity contribution in [3.05, 3.63) is 64.2 Å². The molecule has 3 nitrogen and oxygen atoms in total. The zero-order chi connectivity index (χ0) is 14.7. The molecule has 0 aliphatic heterocycles. The van der Waals surface area contributed by atoms with E-state index in [0.717, 1.165) is 12.1 Å². The summed E-state index contributed by atoms with van der Waals surface area (Å²) in [6.07, 6.45) is 0. The number of aliphatic hydroxyl groups excluding tert-OH is 1. The maximum absolute atomic E-state index is 13.6. The first kappa shape index (κ1) is 14.4. The number of benzene rings is 2. The highest BCUT2D eigenvalue weighted by Crippen LogP contribution is 2.20. The van der Waals surface area contributed by atoms with Gasteiger partial charge < -0.3 is 10.4 Å². The summed E-state index contributed by atoms with van der Waals surface area (Å²) in [5.74, 6) is -2.55. The molecule has 0 atom stereocenters. The second-order valence-corrected chi connectivity index (χ2v) is 4.46. The smallest absolute Gasteiger partial charge is 0.258 e. The Bertz CT molecular complexity index is 644. The maximum Gasteiger partial charge on any atom is 0.258 e. The third-order valence-electron chi connectivity index (χ3n) is 2.65. The second-order valence-electron chi connectivity index (χ2n) is 4.06. The van der Waals surface area contributed by atoms with E-state index < -0.39 is 23.1 Å². The summed E-state index contributed by atoms with van der Waals surface area (Å²) in [5, 5.41) is 10.9. The van der Waals surface area contributed by atoms with E-state index in [-0.39, 0.29) is 11.6 Å². The first-order chi connectivity index (χ1) is 9.51. The molecule has 2 aromatic carbocycles. The van der Waals surface area contributed by atoms with Gasteiger partial charge in [0.25, 0.3) is 5.91 Å². The molecule has 0 aromatic heterocycles. The molecule has 0 heterocycles. The van der Waals surface area contributed by atoms with Crippen molar-refractivity contribution in [3.63, 3.8) is 0 Å². The molecule has 2 N–H and O–H groups in total. The minimum Gasteiger partial charge on any atom is -0.392 e. The normalized spacial score (nSPS) is 10.4. The molecule has 0 aliphatic carbocycles. The van der Waals surface area contributed by atoms with Crippen LogP contribution in [0, 0.1) is 11.6 Å². The highest BCUT2D eigenvalue weighted by atomic mass is 35.5. The van der Waals surface area contributed by atoms with Crippen molar-refractivity contribution >= 4 is 23.2 Å². The van der Waals surface area contributed by atoms with Crippen LogP contribution < -0.4 is 5.32 Å². The van der Waals surface area contributed by atoms with Crippen LogP contribution in [0.3, 0.4) is 0 Å². The predicted octanol–water partition coefficient (Wildman–Crippen LogP) is 3.36. The van der Waals surface area contributed by atoms with Gasteiger partial charge in [0.15, 0.2) is 0 Å². The van der Waals surface area contributed by atoms with Crippen LogP contribution in [-0.4, -0.2) is 11.0 Å². The number of aliphatic hydroxyl groups is 1. The number of nitrogens with one attached hydrogen (secondary N) is 1. The molecule has 6 heteroatoms. The number of hydrogen-bond donors (Lipinski definition) is 2. The second kappa shape index (κ2) is 5.98. The Morgan fingerprint density at radius 3 is 2.40 bits per heavy atom. The largest absolute Gasteiger partial charge is 0.392 e. The molecule has 104 valence electrons. The first-order valence-corrected chi connectivity index (χ1v) is 6.04. The van der Waals surface area contributed by atoms with E-state index in [1.165, 1.54) is 0 Å². The lowest BCUT2D eigenvalue weighted by Gasteiger charge is -2.07. The standard InChI is InChI=1S/C14H10ClF2NO2/c15-11-6-12(16)10(5-13(11)17)14(20)18-9-3-1-8(7-19)2-4-9/h1-6,19H,7H2,(H,18,20). The average Bonchev–Trinajstić information content (AvgIpc) is 2.43. The van der Waals surface area contributed by atoms with Crippen LogP contribution in [0.1, 0.15) is 15.9 Å². The molecule has 0 spiro atoms. The number of carbonyl (C=O) groups excluding carboxylic acids is 1. The molecular weight excluding hydrogens is 288 g/mol. The van der Waals surface area contributed by atoms with Gasteiger partial charge in [-0.05, 0) is 29.8 Å². The summed E-state index contributed by atoms with van der Waals surface area (Å²) < 4.78 is 26.8. The zero-order valence-electron chi connectivity index (χ0n) is 10.2. The Kier molecular flexibility index (Phi) is 4.32. The van der Waals surface area contributed by atoms with Crippen molar-refractivity contribution in [1.82, 2.24) is 0 Å². The van der Waals surface area contributed by atoms with E-state index in [9.17, 15) is 13.6 Å². The quantitative estimate of drug-likeness (QED) is 0.854. The lowest BCUT2D eigenvalue weighted by molar-refractivity contribution is 0.102. The SMILES string of the molecule is O=C(Nc1ccc(CO)cc1)c1cc(F)c(Cl)cc1F.